The molecule has 2 unspecified atom stereocenters. The van der Waals surface area contributed by atoms with Crippen LogP contribution in [0.3, 0.4) is 0 Å². The summed E-state index contributed by atoms with van der Waals surface area (Å²) >= 11 is 0. The van der Waals surface area contributed by atoms with E-state index in [1.807, 2.05) is 42.5 Å². The minimum absolute atomic E-state index is 0.0808. The maximum atomic E-state index is 12.3. The molecule has 1 aliphatic heterocycles. The number of fused-ring (bicyclic) bond motifs is 1. The summed E-state index contributed by atoms with van der Waals surface area (Å²) in [5, 5.41) is 15.3. The van der Waals surface area contributed by atoms with Crippen molar-refractivity contribution < 1.29 is 14.7 Å². The highest BCUT2D eigenvalue weighted by atomic mass is 16.3. The van der Waals surface area contributed by atoms with Crippen LogP contribution in [-0.2, 0) is 9.59 Å². The van der Waals surface area contributed by atoms with Crippen LogP contribution >= 0.6 is 0 Å². The number of nitrogens with zero attached hydrogens (tertiary/aromatic N) is 1. The Morgan fingerprint density at radius 1 is 1.25 bits per heavy atom. The van der Waals surface area contributed by atoms with Crippen LogP contribution in [0.5, 0.6) is 0 Å². The molecule has 0 radical (unpaired) electrons. The van der Waals surface area contributed by atoms with Gasteiger partial charge in [0.15, 0.2) is 0 Å². The first kappa shape index (κ1) is 16.5. The number of aliphatic hydroxyl groups is 1. The molecule has 2 atom stereocenters. The number of aliphatic hydroxyl groups excluding tert-OH is 1. The maximum Gasteiger partial charge on any atom is 0.242 e. The number of nitrogens with one attached hydrogen (secondary N) is 1. The highest BCUT2D eigenvalue weighted by Gasteiger charge is 2.32. The fourth-order valence-corrected chi connectivity index (χ4v) is 3.26. The Morgan fingerprint density at radius 2 is 2.00 bits per heavy atom. The SMILES string of the molecule is CC(=O)N1CCCC1C(=O)NCC(O)c1ccc2ccccc2c1. The van der Waals surface area contributed by atoms with Crippen molar-refractivity contribution in [2.45, 2.75) is 31.9 Å². The lowest BCUT2D eigenvalue weighted by Crippen LogP contribution is -2.46. The van der Waals surface area contributed by atoms with Gasteiger partial charge in [0.2, 0.25) is 11.8 Å². The Labute approximate surface area is 141 Å². The molecule has 1 aliphatic rings. The van der Waals surface area contributed by atoms with Crippen molar-refractivity contribution >= 4 is 22.6 Å². The lowest BCUT2D eigenvalue weighted by Gasteiger charge is -2.23. The Bertz CT molecular complexity index is 759. The van der Waals surface area contributed by atoms with E-state index in [4.69, 9.17) is 0 Å². The van der Waals surface area contributed by atoms with Crippen LogP contribution in [0.2, 0.25) is 0 Å². The Morgan fingerprint density at radius 3 is 2.75 bits per heavy atom. The van der Waals surface area contributed by atoms with Gasteiger partial charge in [-0.05, 0) is 35.2 Å². The molecule has 2 amide bonds. The van der Waals surface area contributed by atoms with E-state index in [1.54, 1.807) is 4.90 Å². The van der Waals surface area contributed by atoms with Crippen molar-refractivity contribution in [2.24, 2.45) is 0 Å². The number of amides is 2. The second kappa shape index (κ2) is 7.01. The molecule has 5 nitrogen and oxygen atoms in total. The predicted molar refractivity (Wildman–Crippen MR) is 92.3 cm³/mol. The summed E-state index contributed by atoms with van der Waals surface area (Å²) in [4.78, 5) is 25.4. The minimum Gasteiger partial charge on any atom is -0.387 e. The third-order valence-electron chi connectivity index (χ3n) is 4.59. The number of carbonyl (C=O) groups is 2. The summed E-state index contributed by atoms with van der Waals surface area (Å²) < 4.78 is 0. The quantitative estimate of drug-likeness (QED) is 0.903. The molecular weight excluding hydrogens is 304 g/mol. The van der Waals surface area contributed by atoms with Gasteiger partial charge in [0.25, 0.3) is 0 Å². The van der Waals surface area contributed by atoms with Gasteiger partial charge >= 0.3 is 0 Å². The smallest absolute Gasteiger partial charge is 0.242 e. The number of likely N-dealkylation sites (tertiary alicyclic amines) is 1. The first-order valence-electron chi connectivity index (χ1n) is 8.28. The van der Waals surface area contributed by atoms with E-state index in [1.165, 1.54) is 6.92 Å². The second-order valence-electron chi connectivity index (χ2n) is 6.24. The standard InChI is InChI=1S/C19H22N2O3/c1-13(22)21-10-4-7-17(21)19(24)20-12-18(23)16-9-8-14-5-2-3-6-15(14)11-16/h2-3,5-6,8-9,11,17-18,23H,4,7,10,12H2,1H3,(H,20,24). The van der Waals surface area contributed by atoms with Gasteiger partial charge in [0.05, 0.1) is 6.10 Å². The Kier molecular flexibility index (Phi) is 4.81. The van der Waals surface area contributed by atoms with Crippen molar-refractivity contribution in [1.29, 1.82) is 0 Å². The van der Waals surface area contributed by atoms with E-state index < -0.39 is 12.1 Å². The molecule has 1 fully saturated rings. The fraction of sp³-hybridized carbons (Fsp3) is 0.368. The molecule has 0 spiro atoms. The normalized spacial score (nSPS) is 18.6. The molecule has 126 valence electrons. The molecule has 1 heterocycles. The lowest BCUT2D eigenvalue weighted by atomic mass is 10.0. The summed E-state index contributed by atoms with van der Waals surface area (Å²) in [6, 6.07) is 13.3. The molecule has 2 aromatic rings. The monoisotopic (exact) mass is 326 g/mol. The van der Waals surface area contributed by atoms with Crippen LogP contribution in [0.25, 0.3) is 10.8 Å². The van der Waals surface area contributed by atoms with Crippen molar-refractivity contribution in [1.82, 2.24) is 10.2 Å². The van der Waals surface area contributed by atoms with Crippen LogP contribution in [0.1, 0.15) is 31.4 Å². The van der Waals surface area contributed by atoms with Crippen LogP contribution < -0.4 is 5.32 Å². The molecule has 3 rings (SSSR count). The molecule has 1 saturated heterocycles. The van der Waals surface area contributed by atoms with Gasteiger partial charge in [-0.15, -0.1) is 0 Å². The average Bonchev–Trinajstić information content (AvgIpc) is 3.09. The van der Waals surface area contributed by atoms with Gasteiger partial charge in [0, 0.05) is 20.0 Å². The van der Waals surface area contributed by atoms with E-state index in [-0.39, 0.29) is 18.4 Å². The summed E-state index contributed by atoms with van der Waals surface area (Å²) in [7, 11) is 0. The van der Waals surface area contributed by atoms with E-state index in [2.05, 4.69) is 5.32 Å². The van der Waals surface area contributed by atoms with Gasteiger partial charge in [-0.1, -0.05) is 36.4 Å². The molecule has 2 aromatic carbocycles. The molecule has 2 N–H and O–H groups in total. The molecule has 0 aliphatic carbocycles. The zero-order valence-electron chi connectivity index (χ0n) is 13.7. The van der Waals surface area contributed by atoms with Crippen molar-refractivity contribution in [3.63, 3.8) is 0 Å². The van der Waals surface area contributed by atoms with Crippen LogP contribution in [0, 0.1) is 0 Å². The third-order valence-corrected chi connectivity index (χ3v) is 4.59. The Hall–Kier alpha value is -2.40. The van der Waals surface area contributed by atoms with Crippen LogP contribution in [0.15, 0.2) is 42.5 Å². The molecule has 24 heavy (non-hydrogen) atoms. The fourth-order valence-electron chi connectivity index (χ4n) is 3.26. The predicted octanol–water partition coefficient (Wildman–Crippen LogP) is 2.00. The molecular formula is C19H22N2O3. The van der Waals surface area contributed by atoms with Crippen molar-refractivity contribution in [3.05, 3.63) is 48.0 Å². The van der Waals surface area contributed by atoms with Gasteiger partial charge in [-0.25, -0.2) is 0 Å². The minimum atomic E-state index is -0.772. The van der Waals surface area contributed by atoms with Gasteiger partial charge in [-0.3, -0.25) is 9.59 Å². The largest absolute Gasteiger partial charge is 0.387 e. The highest BCUT2D eigenvalue weighted by Crippen LogP contribution is 2.21. The molecule has 0 aromatic heterocycles. The topological polar surface area (TPSA) is 69.6 Å². The van der Waals surface area contributed by atoms with E-state index >= 15 is 0 Å². The zero-order chi connectivity index (χ0) is 17.1. The molecule has 0 bridgehead atoms. The van der Waals surface area contributed by atoms with Gasteiger partial charge < -0.3 is 15.3 Å². The van der Waals surface area contributed by atoms with Gasteiger partial charge in [0.1, 0.15) is 6.04 Å². The lowest BCUT2D eigenvalue weighted by molar-refractivity contribution is -0.137. The van der Waals surface area contributed by atoms with E-state index in [9.17, 15) is 14.7 Å². The molecule has 5 heteroatoms. The number of rotatable bonds is 4. The Balaban J connectivity index is 1.62. The van der Waals surface area contributed by atoms with Crippen LogP contribution in [-0.4, -0.2) is 41.0 Å². The second-order valence-corrected chi connectivity index (χ2v) is 6.24. The average molecular weight is 326 g/mol. The van der Waals surface area contributed by atoms with Gasteiger partial charge in [-0.2, -0.15) is 0 Å². The first-order valence-corrected chi connectivity index (χ1v) is 8.28. The van der Waals surface area contributed by atoms with Crippen molar-refractivity contribution in [3.8, 4) is 0 Å². The summed E-state index contributed by atoms with van der Waals surface area (Å²) in [6.07, 6.45) is 0.744. The summed E-state index contributed by atoms with van der Waals surface area (Å²) in [6.45, 7) is 2.25. The number of carbonyl (C=O) groups excluding carboxylic acids is 2. The highest BCUT2D eigenvalue weighted by molar-refractivity contribution is 5.87. The van der Waals surface area contributed by atoms with Crippen LogP contribution in [0.4, 0.5) is 0 Å². The van der Waals surface area contributed by atoms with Crippen molar-refractivity contribution in [2.75, 3.05) is 13.1 Å². The number of hydrogen-bond donors (Lipinski definition) is 2. The molecule has 0 saturated carbocycles. The summed E-state index contributed by atoms with van der Waals surface area (Å²) in [5.74, 6) is -0.273. The zero-order valence-corrected chi connectivity index (χ0v) is 13.7. The third kappa shape index (κ3) is 3.41. The van der Waals surface area contributed by atoms with E-state index in [0.717, 1.165) is 22.8 Å². The summed E-state index contributed by atoms with van der Waals surface area (Å²) in [5.41, 5.74) is 0.767. The maximum absolute atomic E-state index is 12.3. The first-order chi connectivity index (χ1) is 11.6. The number of hydrogen-bond acceptors (Lipinski definition) is 3. The number of benzene rings is 2. The van der Waals surface area contributed by atoms with E-state index in [0.29, 0.717) is 13.0 Å².